The van der Waals surface area contributed by atoms with Crippen LogP contribution >= 0.6 is 0 Å². The maximum Gasteiger partial charge on any atom is 0.326 e. The number of aliphatic hydroxyl groups is 1. The van der Waals surface area contributed by atoms with Crippen molar-refractivity contribution in [2.24, 2.45) is 5.92 Å². The zero-order valence-electron chi connectivity index (χ0n) is 23.2. The summed E-state index contributed by atoms with van der Waals surface area (Å²) < 4.78 is 22.7. The summed E-state index contributed by atoms with van der Waals surface area (Å²) >= 11 is 0. The van der Waals surface area contributed by atoms with Crippen molar-refractivity contribution in [2.45, 2.75) is 87.6 Å². The molecule has 4 N–H and O–H groups in total. The van der Waals surface area contributed by atoms with Crippen molar-refractivity contribution in [2.75, 3.05) is 7.11 Å². The van der Waals surface area contributed by atoms with Gasteiger partial charge in [-0.3, -0.25) is 19.2 Å². The van der Waals surface area contributed by atoms with Crippen LogP contribution in [0.3, 0.4) is 0 Å². The molecule has 1 aromatic carbocycles. The van der Waals surface area contributed by atoms with Gasteiger partial charge in [-0.05, 0) is 56.2 Å². The van der Waals surface area contributed by atoms with E-state index < -0.39 is 71.9 Å². The van der Waals surface area contributed by atoms with E-state index in [2.05, 4.69) is 0 Å². The molecule has 3 aliphatic carbocycles. The number of methoxy groups -OCH3 is 1. The maximum atomic E-state index is 12.8. The van der Waals surface area contributed by atoms with Gasteiger partial charge in [0.2, 0.25) is 0 Å². The van der Waals surface area contributed by atoms with E-state index in [0.29, 0.717) is 17.9 Å². The molecule has 4 aliphatic rings. The molecule has 13 nitrogen and oxygen atoms in total. The van der Waals surface area contributed by atoms with E-state index in [0.717, 1.165) is 30.4 Å². The zero-order chi connectivity index (χ0) is 30.4. The average molecular weight is 588 g/mol. The van der Waals surface area contributed by atoms with Crippen LogP contribution in [0.15, 0.2) is 24.0 Å². The summed E-state index contributed by atoms with van der Waals surface area (Å²) in [5, 5.41) is 32.0. The molecular weight excluding hydrogens is 554 g/mol. The summed E-state index contributed by atoms with van der Waals surface area (Å²) in [6.07, 6.45) is 1.25. The molecule has 1 amide bonds. The topological polar surface area (TPSA) is 195 Å². The minimum atomic E-state index is -1.70. The van der Waals surface area contributed by atoms with Crippen LogP contribution in [0.2, 0.25) is 0 Å². The largest absolute Gasteiger partial charge is 0.493 e. The lowest BCUT2D eigenvalue weighted by Gasteiger charge is -2.59. The highest BCUT2D eigenvalue weighted by Crippen LogP contribution is 2.67. The van der Waals surface area contributed by atoms with Crippen molar-refractivity contribution in [1.82, 2.24) is 5.32 Å². The Morgan fingerprint density at radius 3 is 2.57 bits per heavy atom. The first-order chi connectivity index (χ1) is 19.9. The number of amides is 1. The Morgan fingerprint density at radius 2 is 1.88 bits per heavy atom. The van der Waals surface area contributed by atoms with E-state index >= 15 is 0 Å². The van der Waals surface area contributed by atoms with Crippen LogP contribution in [0.1, 0.15) is 63.0 Å². The summed E-state index contributed by atoms with van der Waals surface area (Å²) in [4.78, 5) is 59.3. The number of ether oxygens (including phenoxy) is 4. The van der Waals surface area contributed by atoms with E-state index in [-0.39, 0.29) is 24.5 Å². The van der Waals surface area contributed by atoms with Gasteiger partial charge in [-0.2, -0.15) is 0 Å². The van der Waals surface area contributed by atoms with E-state index in [1.54, 1.807) is 13.2 Å². The third kappa shape index (κ3) is 4.75. The quantitative estimate of drug-likeness (QED) is 0.272. The van der Waals surface area contributed by atoms with Crippen LogP contribution in [0, 0.1) is 5.92 Å². The zero-order valence-corrected chi connectivity index (χ0v) is 23.2. The van der Waals surface area contributed by atoms with Crippen molar-refractivity contribution < 1.29 is 58.2 Å². The van der Waals surface area contributed by atoms with Crippen molar-refractivity contribution >= 4 is 29.8 Å². The standard InChI is InChI=1S/C29H33NO12/c1-14(26(35)30-17(27(36)37)13-20(31)32)40-21(33)7-8-22(34)41-19-9-11-29(38)16-4-3-10-28(29)23-15(12-16)5-6-18(39-2)24(23)42-25(19)28/h5-6,9,14,16-17,25,38H,3-4,7-8,10-13H2,1-2H3,(H,30,35)(H,31,32)(H,36,37)/t14-,16-,17+,25+,28+,29-/m0/s1. The molecule has 1 aromatic rings. The summed E-state index contributed by atoms with van der Waals surface area (Å²) in [5.41, 5.74) is 0.139. The molecular formula is C29H33NO12. The summed E-state index contributed by atoms with van der Waals surface area (Å²) in [6.45, 7) is 1.19. The molecule has 1 spiro atoms. The first kappa shape index (κ1) is 29.4. The smallest absolute Gasteiger partial charge is 0.326 e. The summed E-state index contributed by atoms with van der Waals surface area (Å²) in [6, 6.07) is 2.16. The molecule has 1 saturated carbocycles. The second-order valence-electron chi connectivity index (χ2n) is 11.2. The van der Waals surface area contributed by atoms with Gasteiger partial charge in [0.1, 0.15) is 11.8 Å². The Kier molecular flexibility index (Phi) is 7.64. The molecule has 0 saturated heterocycles. The number of rotatable bonds is 11. The van der Waals surface area contributed by atoms with Gasteiger partial charge in [0.25, 0.3) is 5.91 Å². The predicted molar refractivity (Wildman–Crippen MR) is 140 cm³/mol. The second kappa shape index (κ2) is 10.9. The number of nitrogens with one attached hydrogen (secondary N) is 1. The third-order valence-corrected chi connectivity index (χ3v) is 8.90. The molecule has 42 heavy (non-hydrogen) atoms. The number of esters is 2. The molecule has 226 valence electrons. The lowest BCUT2D eigenvalue weighted by atomic mass is 9.47. The van der Waals surface area contributed by atoms with Crippen molar-refractivity contribution in [3.63, 3.8) is 0 Å². The van der Waals surface area contributed by atoms with Gasteiger partial charge in [-0.1, -0.05) is 12.5 Å². The van der Waals surface area contributed by atoms with Gasteiger partial charge in [-0.15, -0.1) is 0 Å². The highest BCUT2D eigenvalue weighted by molar-refractivity contribution is 5.90. The molecule has 13 heteroatoms. The van der Waals surface area contributed by atoms with Gasteiger partial charge in [0.15, 0.2) is 23.7 Å². The summed E-state index contributed by atoms with van der Waals surface area (Å²) in [7, 11) is 1.54. The third-order valence-electron chi connectivity index (χ3n) is 8.90. The number of hydrogen-bond acceptors (Lipinski definition) is 10. The number of carboxylic acid groups (broad SMARTS) is 2. The molecule has 6 atom stereocenters. The lowest BCUT2D eigenvalue weighted by molar-refractivity contribution is -0.162. The second-order valence-corrected chi connectivity index (χ2v) is 11.2. The molecule has 0 radical (unpaired) electrons. The first-order valence-electron chi connectivity index (χ1n) is 13.9. The van der Waals surface area contributed by atoms with Crippen molar-refractivity contribution in [1.29, 1.82) is 0 Å². The van der Waals surface area contributed by atoms with Crippen LogP contribution in [-0.2, 0) is 45.3 Å². The summed E-state index contributed by atoms with van der Waals surface area (Å²) in [5.74, 6) is -4.25. The number of hydrogen-bond donors (Lipinski definition) is 4. The van der Waals surface area contributed by atoms with Gasteiger partial charge >= 0.3 is 23.9 Å². The van der Waals surface area contributed by atoms with Crippen LogP contribution < -0.4 is 14.8 Å². The van der Waals surface area contributed by atoms with E-state index in [9.17, 15) is 29.1 Å². The van der Waals surface area contributed by atoms with Gasteiger partial charge in [0.05, 0.1) is 37.4 Å². The van der Waals surface area contributed by atoms with E-state index in [1.165, 1.54) is 6.92 Å². The average Bonchev–Trinajstić information content (AvgIpc) is 3.27. The number of carbonyl (C=O) groups is 5. The molecule has 1 aliphatic heterocycles. The van der Waals surface area contributed by atoms with Crippen molar-refractivity contribution in [3.05, 3.63) is 35.1 Å². The Bertz CT molecular complexity index is 1370. The van der Waals surface area contributed by atoms with Crippen LogP contribution in [0.4, 0.5) is 0 Å². The number of benzene rings is 1. The molecule has 5 rings (SSSR count). The fourth-order valence-electron chi connectivity index (χ4n) is 7.04. The Balaban J connectivity index is 1.23. The number of carbonyl (C=O) groups excluding carboxylic acids is 3. The highest BCUT2D eigenvalue weighted by Gasteiger charge is 2.70. The molecule has 0 unspecified atom stereocenters. The molecule has 1 fully saturated rings. The molecule has 0 aromatic heterocycles. The molecule has 1 heterocycles. The maximum absolute atomic E-state index is 12.8. The van der Waals surface area contributed by atoms with Crippen LogP contribution in [0.5, 0.6) is 11.5 Å². The fraction of sp³-hybridized carbons (Fsp3) is 0.552. The van der Waals surface area contributed by atoms with E-state index in [1.807, 2.05) is 17.4 Å². The highest BCUT2D eigenvalue weighted by atomic mass is 16.6. The van der Waals surface area contributed by atoms with Crippen molar-refractivity contribution in [3.8, 4) is 11.5 Å². The monoisotopic (exact) mass is 587 g/mol. The Labute approximate surface area is 240 Å². The normalized spacial score (nSPS) is 27.7. The Hall–Kier alpha value is -4.13. The van der Waals surface area contributed by atoms with E-state index in [4.69, 9.17) is 29.2 Å². The minimum Gasteiger partial charge on any atom is -0.493 e. The minimum absolute atomic E-state index is 0.0292. The first-order valence-corrected chi connectivity index (χ1v) is 13.9. The SMILES string of the molecule is COc1ccc2c3c1O[C@@H]1C(OC(=O)CCC(=O)O[C@@H](C)C(=O)N[C@H](CC(=O)O)C(=O)O)=CC[C@]4(O)[C@@H](CCC[C@@]314)C2. The van der Waals surface area contributed by atoms with Crippen LogP contribution in [0.25, 0.3) is 0 Å². The van der Waals surface area contributed by atoms with Gasteiger partial charge in [-0.25, -0.2) is 4.79 Å². The number of carboxylic acids is 2. The predicted octanol–water partition coefficient (Wildman–Crippen LogP) is 1.37. The van der Waals surface area contributed by atoms with Gasteiger partial charge in [0, 0.05) is 5.56 Å². The fourth-order valence-corrected chi connectivity index (χ4v) is 7.04. The lowest BCUT2D eigenvalue weighted by Crippen LogP contribution is -2.67. The Morgan fingerprint density at radius 1 is 1.14 bits per heavy atom. The molecule has 2 bridgehead atoms. The van der Waals surface area contributed by atoms with Gasteiger partial charge < -0.3 is 39.6 Å². The van der Waals surface area contributed by atoms with Crippen LogP contribution in [-0.4, -0.2) is 76.1 Å². The number of aliphatic carboxylic acids is 2.